The number of hydrogen-bond donors (Lipinski definition) is 0. The molecular formula is C16H14ClFN4S. The number of thioether (sulfide) groups is 1. The monoisotopic (exact) mass is 348 g/mol. The molecule has 7 heteroatoms. The Kier molecular flexibility index (Phi) is 4.63. The van der Waals surface area contributed by atoms with Crippen LogP contribution in [-0.2, 0) is 7.05 Å². The van der Waals surface area contributed by atoms with E-state index in [0.29, 0.717) is 5.82 Å². The molecule has 0 aliphatic carbocycles. The van der Waals surface area contributed by atoms with Crippen molar-refractivity contribution in [3.8, 4) is 11.5 Å². The summed E-state index contributed by atoms with van der Waals surface area (Å²) >= 11 is 7.38. The van der Waals surface area contributed by atoms with Crippen molar-refractivity contribution in [2.45, 2.75) is 17.3 Å². The molecule has 118 valence electrons. The van der Waals surface area contributed by atoms with Crippen molar-refractivity contribution in [1.82, 2.24) is 19.7 Å². The van der Waals surface area contributed by atoms with Crippen molar-refractivity contribution in [2.24, 2.45) is 7.05 Å². The van der Waals surface area contributed by atoms with Gasteiger partial charge in [-0.05, 0) is 36.8 Å². The van der Waals surface area contributed by atoms with Crippen LogP contribution < -0.4 is 0 Å². The van der Waals surface area contributed by atoms with Crippen LogP contribution in [0.4, 0.5) is 4.39 Å². The molecule has 0 fully saturated rings. The van der Waals surface area contributed by atoms with E-state index >= 15 is 0 Å². The SMILES string of the molecule is CC(Sc1nnc(-c2ccccn2)n1C)c1ccc(F)c(Cl)c1. The van der Waals surface area contributed by atoms with Gasteiger partial charge in [0.1, 0.15) is 11.5 Å². The van der Waals surface area contributed by atoms with Gasteiger partial charge in [0.2, 0.25) is 0 Å². The van der Waals surface area contributed by atoms with Gasteiger partial charge in [0.15, 0.2) is 11.0 Å². The van der Waals surface area contributed by atoms with Gasteiger partial charge in [0, 0.05) is 18.5 Å². The zero-order valence-electron chi connectivity index (χ0n) is 12.6. The van der Waals surface area contributed by atoms with Gasteiger partial charge in [-0.1, -0.05) is 35.5 Å². The topological polar surface area (TPSA) is 43.6 Å². The molecular weight excluding hydrogens is 335 g/mol. The predicted molar refractivity (Wildman–Crippen MR) is 89.9 cm³/mol. The van der Waals surface area contributed by atoms with Gasteiger partial charge >= 0.3 is 0 Å². The van der Waals surface area contributed by atoms with E-state index in [1.165, 1.54) is 17.8 Å². The van der Waals surface area contributed by atoms with Crippen LogP contribution >= 0.6 is 23.4 Å². The van der Waals surface area contributed by atoms with Crippen LogP contribution in [-0.4, -0.2) is 19.7 Å². The second-order valence-corrected chi connectivity index (χ2v) is 6.73. The average Bonchev–Trinajstić information content (AvgIpc) is 2.92. The molecule has 1 unspecified atom stereocenters. The molecule has 0 aliphatic rings. The molecule has 0 amide bonds. The molecule has 0 spiro atoms. The molecule has 0 saturated heterocycles. The summed E-state index contributed by atoms with van der Waals surface area (Å²) in [4.78, 5) is 4.29. The van der Waals surface area contributed by atoms with Gasteiger partial charge in [-0.2, -0.15) is 0 Å². The lowest BCUT2D eigenvalue weighted by atomic mass is 10.2. The minimum Gasteiger partial charge on any atom is -0.304 e. The van der Waals surface area contributed by atoms with E-state index in [9.17, 15) is 4.39 Å². The average molecular weight is 349 g/mol. The van der Waals surface area contributed by atoms with Crippen LogP contribution in [0.1, 0.15) is 17.7 Å². The second-order valence-electron chi connectivity index (χ2n) is 5.01. The molecule has 1 aromatic carbocycles. The summed E-state index contributed by atoms with van der Waals surface area (Å²) < 4.78 is 15.2. The maximum Gasteiger partial charge on any atom is 0.191 e. The molecule has 1 atom stereocenters. The number of hydrogen-bond acceptors (Lipinski definition) is 4. The van der Waals surface area contributed by atoms with Crippen LogP contribution in [0.3, 0.4) is 0 Å². The molecule has 0 aliphatic heterocycles. The lowest BCUT2D eigenvalue weighted by molar-refractivity contribution is 0.627. The molecule has 4 nitrogen and oxygen atoms in total. The molecule has 2 aromatic heterocycles. The second kappa shape index (κ2) is 6.68. The highest BCUT2D eigenvalue weighted by Crippen LogP contribution is 2.35. The Labute approximate surface area is 142 Å². The highest BCUT2D eigenvalue weighted by Gasteiger charge is 2.16. The van der Waals surface area contributed by atoms with E-state index in [1.54, 1.807) is 18.3 Å². The van der Waals surface area contributed by atoms with Crippen LogP contribution in [0, 0.1) is 5.82 Å². The quantitative estimate of drug-likeness (QED) is 0.650. The Bertz CT molecular complexity index is 822. The van der Waals surface area contributed by atoms with Crippen molar-refractivity contribution >= 4 is 23.4 Å². The number of pyridine rings is 1. The van der Waals surface area contributed by atoms with Crippen LogP contribution in [0.2, 0.25) is 5.02 Å². The fourth-order valence-corrected chi connectivity index (χ4v) is 3.25. The predicted octanol–water partition coefficient (Wildman–Crippen LogP) is 4.52. The Morgan fingerprint density at radius 3 is 2.74 bits per heavy atom. The zero-order chi connectivity index (χ0) is 16.4. The fourth-order valence-electron chi connectivity index (χ4n) is 2.13. The van der Waals surface area contributed by atoms with Crippen LogP contribution in [0.5, 0.6) is 0 Å². The Morgan fingerprint density at radius 1 is 1.22 bits per heavy atom. The minimum absolute atomic E-state index is 0.0626. The number of aromatic nitrogens is 4. The molecule has 3 aromatic rings. The molecule has 0 saturated carbocycles. The van der Waals surface area contributed by atoms with Crippen LogP contribution in [0.15, 0.2) is 47.8 Å². The van der Waals surface area contributed by atoms with Gasteiger partial charge < -0.3 is 4.57 Å². The molecule has 0 radical (unpaired) electrons. The van der Waals surface area contributed by atoms with E-state index in [2.05, 4.69) is 15.2 Å². The minimum atomic E-state index is -0.413. The first-order valence-corrected chi connectivity index (χ1v) is 8.24. The molecule has 2 heterocycles. The van der Waals surface area contributed by atoms with Crippen molar-refractivity contribution in [3.63, 3.8) is 0 Å². The standard InChI is InChI=1S/C16H14ClFN4S/c1-10(11-6-7-13(18)12(17)9-11)23-16-21-20-15(22(16)2)14-5-3-4-8-19-14/h3-10H,1-2H3. The summed E-state index contributed by atoms with van der Waals surface area (Å²) in [6, 6.07) is 10.4. The summed E-state index contributed by atoms with van der Waals surface area (Å²) in [6.07, 6.45) is 1.72. The molecule has 23 heavy (non-hydrogen) atoms. The highest BCUT2D eigenvalue weighted by atomic mass is 35.5. The lowest BCUT2D eigenvalue weighted by Crippen LogP contribution is -1.98. The smallest absolute Gasteiger partial charge is 0.191 e. The van der Waals surface area contributed by atoms with Gasteiger partial charge in [-0.15, -0.1) is 10.2 Å². The number of benzene rings is 1. The summed E-state index contributed by atoms with van der Waals surface area (Å²) in [5.41, 5.74) is 1.70. The Morgan fingerprint density at radius 2 is 2.04 bits per heavy atom. The van der Waals surface area contributed by atoms with Crippen molar-refractivity contribution in [1.29, 1.82) is 0 Å². The van der Waals surface area contributed by atoms with Crippen LogP contribution in [0.25, 0.3) is 11.5 Å². The largest absolute Gasteiger partial charge is 0.304 e. The number of nitrogens with zero attached hydrogens (tertiary/aromatic N) is 4. The summed E-state index contributed by atoms with van der Waals surface area (Å²) in [6.45, 7) is 2.02. The van der Waals surface area contributed by atoms with E-state index in [1.807, 2.05) is 36.7 Å². The van der Waals surface area contributed by atoms with Crippen molar-refractivity contribution in [2.75, 3.05) is 0 Å². The van der Waals surface area contributed by atoms with Gasteiger partial charge in [0.25, 0.3) is 0 Å². The Balaban J connectivity index is 1.83. The number of rotatable bonds is 4. The van der Waals surface area contributed by atoms with E-state index < -0.39 is 5.82 Å². The van der Waals surface area contributed by atoms with Gasteiger partial charge in [-0.25, -0.2) is 4.39 Å². The summed E-state index contributed by atoms with van der Waals surface area (Å²) in [5, 5.41) is 9.39. The normalized spacial score (nSPS) is 12.3. The van der Waals surface area contributed by atoms with Gasteiger partial charge in [0.05, 0.1) is 5.02 Å². The first-order valence-electron chi connectivity index (χ1n) is 6.98. The maximum absolute atomic E-state index is 13.3. The molecule has 0 bridgehead atoms. The number of halogens is 2. The third kappa shape index (κ3) is 3.38. The van der Waals surface area contributed by atoms with E-state index in [4.69, 9.17) is 11.6 Å². The van der Waals surface area contributed by atoms with Crippen molar-refractivity contribution < 1.29 is 4.39 Å². The zero-order valence-corrected chi connectivity index (χ0v) is 14.1. The van der Waals surface area contributed by atoms with Gasteiger partial charge in [-0.3, -0.25) is 4.98 Å². The van der Waals surface area contributed by atoms with E-state index in [0.717, 1.165) is 16.4 Å². The molecule has 0 N–H and O–H groups in total. The lowest BCUT2D eigenvalue weighted by Gasteiger charge is -2.11. The Hall–Kier alpha value is -1.92. The molecule has 3 rings (SSSR count). The van der Waals surface area contributed by atoms with E-state index in [-0.39, 0.29) is 10.3 Å². The summed E-state index contributed by atoms with van der Waals surface area (Å²) in [7, 11) is 1.90. The fraction of sp³-hybridized carbons (Fsp3) is 0.188. The first-order chi connectivity index (χ1) is 11.1. The maximum atomic E-state index is 13.3. The van der Waals surface area contributed by atoms with Crippen molar-refractivity contribution in [3.05, 3.63) is 59.0 Å². The third-order valence-corrected chi connectivity index (χ3v) is 4.91. The summed E-state index contributed by atoms with van der Waals surface area (Å²) in [5.74, 6) is 0.293. The first kappa shape index (κ1) is 16.0. The third-order valence-electron chi connectivity index (χ3n) is 3.42. The highest BCUT2D eigenvalue weighted by molar-refractivity contribution is 7.99.